The summed E-state index contributed by atoms with van der Waals surface area (Å²) in [5, 5.41) is 10.6. The summed E-state index contributed by atoms with van der Waals surface area (Å²) in [4.78, 5) is 36.5. The van der Waals surface area contributed by atoms with Crippen LogP contribution in [-0.2, 0) is 30.3 Å². The number of nitrogens with one attached hydrogen (secondary N) is 2. The molecule has 0 bridgehead atoms. The number of amidine groups is 1. The first kappa shape index (κ1) is 27.2. The van der Waals surface area contributed by atoms with E-state index in [-0.39, 0.29) is 24.8 Å². The molecule has 0 fully saturated rings. The standard InChI is InChI=1S/C25H31N3O7/c1-5-16-12-19(21(13-20(16)32-6-2)34-14-22(30)33-7-3)23(25(31)35-15(4)29)28-18-10-8-17(9-11-18)24(26)27/h8-13,23,28H,5-7,14H2,1-4H3,(H3,26,27). The van der Waals surface area contributed by atoms with Crippen molar-refractivity contribution < 1.29 is 33.3 Å². The number of carbonyl (C=O) groups is 3. The van der Waals surface area contributed by atoms with E-state index in [0.717, 1.165) is 12.5 Å². The van der Waals surface area contributed by atoms with E-state index < -0.39 is 23.9 Å². The molecule has 0 saturated carbocycles. The molecule has 2 aromatic carbocycles. The van der Waals surface area contributed by atoms with Gasteiger partial charge in [0.1, 0.15) is 17.3 Å². The first-order chi connectivity index (χ1) is 16.7. The van der Waals surface area contributed by atoms with Crippen LogP contribution in [0.5, 0.6) is 11.5 Å². The van der Waals surface area contributed by atoms with Crippen LogP contribution in [0.3, 0.4) is 0 Å². The fourth-order valence-corrected chi connectivity index (χ4v) is 3.26. The topological polar surface area (TPSA) is 150 Å². The second kappa shape index (κ2) is 13.0. The summed E-state index contributed by atoms with van der Waals surface area (Å²) in [5.74, 6) is -1.58. The van der Waals surface area contributed by atoms with Crippen molar-refractivity contribution in [2.24, 2.45) is 5.73 Å². The molecule has 0 amide bonds. The minimum Gasteiger partial charge on any atom is -0.493 e. The Morgan fingerprint density at radius 3 is 2.23 bits per heavy atom. The number of nitrogen functional groups attached to an aromatic ring is 1. The number of anilines is 1. The minimum atomic E-state index is -1.17. The lowest BCUT2D eigenvalue weighted by Gasteiger charge is -2.23. The molecule has 1 unspecified atom stereocenters. The second-order valence-corrected chi connectivity index (χ2v) is 7.36. The Kier molecular flexibility index (Phi) is 10.1. The van der Waals surface area contributed by atoms with Crippen molar-refractivity contribution in [3.05, 3.63) is 53.1 Å². The number of aryl methyl sites for hydroxylation is 1. The van der Waals surface area contributed by atoms with Gasteiger partial charge in [-0.1, -0.05) is 6.92 Å². The van der Waals surface area contributed by atoms with E-state index in [0.29, 0.717) is 35.6 Å². The highest BCUT2D eigenvalue weighted by molar-refractivity contribution is 5.95. The highest BCUT2D eigenvalue weighted by Gasteiger charge is 2.29. The molecule has 0 saturated heterocycles. The molecule has 10 heteroatoms. The van der Waals surface area contributed by atoms with Gasteiger partial charge in [-0.3, -0.25) is 10.2 Å². The van der Waals surface area contributed by atoms with E-state index in [4.69, 9.17) is 30.1 Å². The Morgan fingerprint density at radius 1 is 1.00 bits per heavy atom. The molecule has 0 aliphatic carbocycles. The molecule has 2 aromatic rings. The van der Waals surface area contributed by atoms with Gasteiger partial charge < -0.3 is 30.0 Å². The second-order valence-electron chi connectivity index (χ2n) is 7.36. The number of nitrogens with two attached hydrogens (primary N) is 1. The number of rotatable bonds is 12. The first-order valence-electron chi connectivity index (χ1n) is 11.2. The largest absolute Gasteiger partial charge is 0.493 e. The van der Waals surface area contributed by atoms with Gasteiger partial charge in [-0.25, -0.2) is 9.59 Å². The van der Waals surface area contributed by atoms with Gasteiger partial charge >= 0.3 is 17.9 Å². The molecule has 188 valence electrons. The predicted molar refractivity (Wildman–Crippen MR) is 130 cm³/mol. The molecular weight excluding hydrogens is 454 g/mol. The summed E-state index contributed by atoms with van der Waals surface area (Å²) in [6.07, 6.45) is 0.586. The molecule has 0 heterocycles. The minimum absolute atomic E-state index is 0.0992. The number of benzene rings is 2. The van der Waals surface area contributed by atoms with Crippen LogP contribution in [0.4, 0.5) is 5.69 Å². The molecule has 2 rings (SSSR count). The third kappa shape index (κ3) is 7.73. The lowest BCUT2D eigenvalue weighted by molar-refractivity contribution is -0.158. The Morgan fingerprint density at radius 2 is 1.69 bits per heavy atom. The van der Waals surface area contributed by atoms with E-state index in [2.05, 4.69) is 5.32 Å². The van der Waals surface area contributed by atoms with Crippen LogP contribution >= 0.6 is 0 Å². The summed E-state index contributed by atoms with van der Waals surface area (Å²) in [6, 6.07) is 8.66. The smallest absolute Gasteiger partial charge is 0.344 e. The van der Waals surface area contributed by atoms with Crippen molar-refractivity contribution in [2.45, 2.75) is 40.2 Å². The van der Waals surface area contributed by atoms with E-state index in [1.165, 1.54) is 0 Å². The van der Waals surface area contributed by atoms with Gasteiger partial charge in [0, 0.05) is 29.8 Å². The average Bonchev–Trinajstić information content (AvgIpc) is 2.81. The molecule has 0 radical (unpaired) electrons. The Bertz CT molecular complexity index is 1070. The summed E-state index contributed by atoms with van der Waals surface area (Å²) < 4.78 is 21.3. The monoisotopic (exact) mass is 485 g/mol. The van der Waals surface area contributed by atoms with Gasteiger partial charge in [0.2, 0.25) is 0 Å². The van der Waals surface area contributed by atoms with Crippen molar-refractivity contribution in [2.75, 3.05) is 25.1 Å². The third-order valence-corrected chi connectivity index (χ3v) is 4.82. The number of hydrogen-bond donors (Lipinski definition) is 3. The SMILES string of the molecule is CCOC(=O)COc1cc(OCC)c(CC)cc1C(Nc1ccc(C(=N)N)cc1)C(=O)OC(C)=O. The number of esters is 3. The molecule has 4 N–H and O–H groups in total. The number of carbonyl (C=O) groups excluding carboxylic acids is 3. The molecular formula is C25H31N3O7. The summed E-state index contributed by atoms with van der Waals surface area (Å²) in [5.41, 5.74) is 7.66. The summed E-state index contributed by atoms with van der Waals surface area (Å²) >= 11 is 0. The highest BCUT2D eigenvalue weighted by Crippen LogP contribution is 2.36. The Hall–Kier alpha value is -4.08. The zero-order valence-corrected chi connectivity index (χ0v) is 20.3. The molecule has 1 atom stereocenters. The van der Waals surface area contributed by atoms with Crippen molar-refractivity contribution in [3.8, 4) is 11.5 Å². The van der Waals surface area contributed by atoms with Crippen molar-refractivity contribution >= 4 is 29.4 Å². The van der Waals surface area contributed by atoms with Crippen molar-refractivity contribution in [1.29, 1.82) is 5.41 Å². The Labute approximate surface area is 204 Å². The maximum absolute atomic E-state index is 13.0. The Balaban J connectivity index is 2.56. The van der Waals surface area contributed by atoms with Gasteiger partial charge in [0.05, 0.1) is 13.2 Å². The highest BCUT2D eigenvalue weighted by atomic mass is 16.6. The van der Waals surface area contributed by atoms with Crippen LogP contribution in [0.15, 0.2) is 36.4 Å². The molecule has 0 aliphatic rings. The van der Waals surface area contributed by atoms with Crippen LogP contribution in [0.1, 0.15) is 50.4 Å². The van der Waals surface area contributed by atoms with Gasteiger partial charge in [0.25, 0.3) is 0 Å². The zero-order valence-electron chi connectivity index (χ0n) is 20.3. The van der Waals surface area contributed by atoms with Crippen molar-refractivity contribution in [3.63, 3.8) is 0 Å². The first-order valence-corrected chi connectivity index (χ1v) is 11.2. The van der Waals surface area contributed by atoms with Gasteiger partial charge in [-0.15, -0.1) is 0 Å². The molecule has 10 nitrogen and oxygen atoms in total. The van der Waals surface area contributed by atoms with Crippen LogP contribution in [0.2, 0.25) is 0 Å². The quantitative estimate of drug-likeness (QED) is 0.178. The molecule has 0 spiro atoms. The molecule has 0 aliphatic heterocycles. The number of ether oxygens (including phenoxy) is 4. The number of hydrogen-bond acceptors (Lipinski definition) is 9. The lowest BCUT2D eigenvalue weighted by Crippen LogP contribution is -2.26. The van der Waals surface area contributed by atoms with E-state index >= 15 is 0 Å². The van der Waals surface area contributed by atoms with Gasteiger partial charge in [-0.2, -0.15) is 0 Å². The molecule has 0 aromatic heterocycles. The van der Waals surface area contributed by atoms with Crippen LogP contribution in [-0.4, -0.2) is 43.6 Å². The van der Waals surface area contributed by atoms with Crippen molar-refractivity contribution in [1.82, 2.24) is 0 Å². The zero-order chi connectivity index (χ0) is 26.0. The molecule has 35 heavy (non-hydrogen) atoms. The van der Waals surface area contributed by atoms with Crippen LogP contribution in [0, 0.1) is 5.41 Å². The van der Waals surface area contributed by atoms with E-state index in [9.17, 15) is 14.4 Å². The fraction of sp³-hybridized carbons (Fsp3) is 0.360. The predicted octanol–water partition coefficient (Wildman–Crippen LogP) is 3.12. The summed E-state index contributed by atoms with van der Waals surface area (Å²) in [6.45, 7) is 6.79. The van der Waals surface area contributed by atoms with Gasteiger partial charge in [0.15, 0.2) is 12.6 Å². The van der Waals surface area contributed by atoms with Crippen LogP contribution < -0.4 is 20.5 Å². The average molecular weight is 486 g/mol. The lowest BCUT2D eigenvalue weighted by atomic mass is 9.99. The normalized spacial score (nSPS) is 11.2. The maximum atomic E-state index is 13.0. The summed E-state index contributed by atoms with van der Waals surface area (Å²) in [7, 11) is 0. The fourth-order valence-electron chi connectivity index (χ4n) is 3.26. The van der Waals surface area contributed by atoms with Crippen LogP contribution in [0.25, 0.3) is 0 Å². The van der Waals surface area contributed by atoms with E-state index in [1.807, 2.05) is 13.8 Å². The van der Waals surface area contributed by atoms with Gasteiger partial charge in [-0.05, 0) is 56.2 Å². The van der Waals surface area contributed by atoms with E-state index in [1.54, 1.807) is 43.3 Å². The maximum Gasteiger partial charge on any atom is 0.344 e. The third-order valence-electron chi connectivity index (χ3n) is 4.82.